The fourth-order valence-corrected chi connectivity index (χ4v) is 6.22. The van der Waals surface area contributed by atoms with Crippen LogP contribution < -0.4 is 5.32 Å². The molecule has 1 saturated heterocycles. The van der Waals surface area contributed by atoms with Gasteiger partial charge in [0.05, 0.1) is 25.8 Å². The van der Waals surface area contributed by atoms with Crippen LogP contribution in [0.4, 0.5) is 0 Å². The minimum atomic E-state index is -0.517. The molecule has 2 fully saturated rings. The molecule has 39 heavy (non-hydrogen) atoms. The highest BCUT2D eigenvalue weighted by molar-refractivity contribution is 6.39. The molecule has 2 aliphatic heterocycles. The zero-order chi connectivity index (χ0) is 27.4. The number of hydrogen-bond acceptors (Lipinski definition) is 8. The lowest BCUT2D eigenvalue weighted by Crippen LogP contribution is -2.52. The second kappa shape index (κ2) is 11.8. The smallest absolute Gasteiger partial charge is 0.291 e. The Hall–Kier alpha value is -3.34. The van der Waals surface area contributed by atoms with E-state index in [1.807, 2.05) is 24.3 Å². The molecule has 11 nitrogen and oxygen atoms in total. The monoisotopic (exact) mass is 536 g/mol. The van der Waals surface area contributed by atoms with Gasteiger partial charge in [-0.05, 0) is 61.6 Å². The number of hydrogen-bond donors (Lipinski definition) is 2. The maximum atomic E-state index is 14.2. The Morgan fingerprint density at radius 2 is 1.90 bits per heavy atom. The van der Waals surface area contributed by atoms with Crippen molar-refractivity contribution in [1.29, 1.82) is 0 Å². The zero-order valence-electron chi connectivity index (χ0n) is 23.2. The average Bonchev–Trinajstić information content (AvgIpc) is 3.58. The van der Waals surface area contributed by atoms with Crippen LogP contribution in [0.2, 0.25) is 0 Å². The molecule has 210 valence electrons. The Balaban J connectivity index is 1.40. The maximum absolute atomic E-state index is 14.2. The number of amidine groups is 1. The van der Waals surface area contributed by atoms with Crippen molar-refractivity contribution in [3.05, 3.63) is 41.2 Å². The molecule has 0 unspecified atom stereocenters. The van der Waals surface area contributed by atoms with Gasteiger partial charge in [-0.2, -0.15) is 5.21 Å². The number of tetrazole rings is 1. The van der Waals surface area contributed by atoms with E-state index < -0.39 is 5.66 Å². The number of aliphatic imine (C=N–C) groups is 1. The molecule has 11 heteroatoms. The van der Waals surface area contributed by atoms with Gasteiger partial charge in [0.25, 0.3) is 11.8 Å². The third-order valence-corrected chi connectivity index (χ3v) is 8.48. The van der Waals surface area contributed by atoms with E-state index >= 15 is 0 Å². The van der Waals surface area contributed by atoms with Crippen molar-refractivity contribution in [3.63, 3.8) is 0 Å². The van der Waals surface area contributed by atoms with Crippen molar-refractivity contribution in [1.82, 2.24) is 35.7 Å². The molecule has 1 spiro atoms. The molecule has 1 atom stereocenters. The molecule has 5 rings (SSSR count). The van der Waals surface area contributed by atoms with Gasteiger partial charge in [0.2, 0.25) is 0 Å². The van der Waals surface area contributed by atoms with E-state index in [1.165, 1.54) is 0 Å². The summed E-state index contributed by atoms with van der Waals surface area (Å²) in [4.78, 5) is 36.4. The second-order valence-corrected chi connectivity index (χ2v) is 11.2. The summed E-state index contributed by atoms with van der Waals surface area (Å²) in [6.07, 6.45) is 5.66. The zero-order valence-corrected chi connectivity index (χ0v) is 23.2. The minimum Gasteiger partial charge on any atom is -0.378 e. The van der Waals surface area contributed by atoms with Gasteiger partial charge in [-0.15, -0.1) is 10.2 Å². The fourth-order valence-electron chi connectivity index (χ4n) is 6.22. The Morgan fingerprint density at radius 3 is 2.51 bits per heavy atom. The van der Waals surface area contributed by atoms with Crippen molar-refractivity contribution >= 4 is 17.6 Å². The first-order valence-corrected chi connectivity index (χ1v) is 14.3. The number of amides is 2. The number of carbonyl (C=O) groups excluding carboxylic acids is 2. The van der Waals surface area contributed by atoms with Crippen LogP contribution in [0.1, 0.15) is 87.1 Å². The Kier molecular flexibility index (Phi) is 8.25. The summed E-state index contributed by atoms with van der Waals surface area (Å²) in [6.45, 7) is 9.54. The molecular formula is C28H40N8O3. The first-order valence-electron chi connectivity index (χ1n) is 14.3. The van der Waals surface area contributed by atoms with Gasteiger partial charge in [0.15, 0.2) is 11.7 Å². The van der Waals surface area contributed by atoms with E-state index in [1.54, 1.807) is 0 Å². The van der Waals surface area contributed by atoms with Crippen LogP contribution in [0.5, 0.6) is 0 Å². The number of nitrogens with one attached hydrogen (secondary N) is 2. The topological polar surface area (TPSA) is 129 Å². The summed E-state index contributed by atoms with van der Waals surface area (Å²) in [5.41, 5.74) is 1.06. The van der Waals surface area contributed by atoms with E-state index in [-0.39, 0.29) is 24.4 Å². The number of H-pyrrole nitrogens is 1. The third kappa shape index (κ3) is 5.68. The van der Waals surface area contributed by atoms with E-state index in [9.17, 15) is 9.59 Å². The summed E-state index contributed by atoms with van der Waals surface area (Å²) in [5, 5.41) is 16.4. The molecule has 1 aromatic heterocycles. The quantitative estimate of drug-likeness (QED) is 0.530. The SMILES string of the molecule is CCC[C@H](c1ccc(C(=O)NCc2nn[nH]n2)cc1)N1C(=O)C(N2CCOCC2)=NC12CCC(C(C)C)CC2. The highest BCUT2D eigenvalue weighted by Crippen LogP contribution is 2.47. The number of rotatable bonds is 8. The predicted molar refractivity (Wildman–Crippen MR) is 146 cm³/mol. The predicted octanol–water partition coefficient (Wildman–Crippen LogP) is 3.09. The molecule has 2 aromatic rings. The highest BCUT2D eigenvalue weighted by Gasteiger charge is 2.52. The minimum absolute atomic E-state index is 0.0280. The van der Waals surface area contributed by atoms with Crippen molar-refractivity contribution in [2.75, 3.05) is 26.3 Å². The van der Waals surface area contributed by atoms with Crippen molar-refractivity contribution in [2.24, 2.45) is 16.8 Å². The number of morpholine rings is 1. The molecule has 0 bridgehead atoms. The standard InChI is InChI=1S/C28H40N8O3/c1-4-5-23(21-6-8-22(9-7-21)26(37)29-18-24-31-33-34-32-24)36-27(38)25(35-14-16-39-17-15-35)30-28(36)12-10-20(11-13-28)19(2)3/h6-9,19-20,23H,4-5,10-18H2,1-3H3,(H,29,37)(H,31,32,33,34)/t20?,23-,28?/m1/s1. The molecule has 0 radical (unpaired) electrons. The number of nitrogens with zero attached hydrogens (tertiary/aromatic N) is 6. The van der Waals surface area contributed by atoms with Crippen LogP contribution in [0, 0.1) is 11.8 Å². The first-order chi connectivity index (χ1) is 18.9. The van der Waals surface area contributed by atoms with Crippen molar-refractivity contribution < 1.29 is 14.3 Å². The molecule has 2 amide bonds. The molecule has 3 aliphatic rings. The average molecular weight is 537 g/mol. The lowest BCUT2D eigenvalue weighted by atomic mass is 9.76. The Bertz CT molecular complexity index is 1150. The lowest BCUT2D eigenvalue weighted by molar-refractivity contribution is -0.134. The summed E-state index contributed by atoms with van der Waals surface area (Å²) in [5.74, 6) is 2.12. The van der Waals surface area contributed by atoms with E-state index in [0.717, 1.165) is 44.1 Å². The maximum Gasteiger partial charge on any atom is 0.291 e. The Morgan fingerprint density at radius 1 is 1.18 bits per heavy atom. The molecule has 3 heterocycles. The van der Waals surface area contributed by atoms with Crippen LogP contribution in [-0.2, 0) is 16.1 Å². The van der Waals surface area contributed by atoms with Crippen LogP contribution in [0.15, 0.2) is 29.3 Å². The number of aromatic nitrogens is 4. The van der Waals surface area contributed by atoms with Gasteiger partial charge in [0, 0.05) is 18.7 Å². The van der Waals surface area contributed by atoms with Gasteiger partial charge in [-0.25, -0.2) is 4.99 Å². The lowest BCUT2D eigenvalue weighted by Gasteiger charge is -2.46. The van der Waals surface area contributed by atoms with Crippen LogP contribution in [-0.4, -0.2) is 80.0 Å². The highest BCUT2D eigenvalue weighted by atomic mass is 16.5. The molecule has 1 aliphatic carbocycles. The number of aromatic amines is 1. The number of carbonyl (C=O) groups is 2. The molecule has 1 aromatic carbocycles. The van der Waals surface area contributed by atoms with Gasteiger partial charge in [0.1, 0.15) is 5.66 Å². The van der Waals surface area contributed by atoms with E-state index in [4.69, 9.17) is 9.73 Å². The second-order valence-electron chi connectivity index (χ2n) is 11.2. The van der Waals surface area contributed by atoms with Crippen molar-refractivity contribution in [2.45, 2.75) is 77.5 Å². The van der Waals surface area contributed by atoms with Gasteiger partial charge < -0.3 is 19.9 Å². The van der Waals surface area contributed by atoms with Gasteiger partial charge in [-0.3, -0.25) is 9.59 Å². The van der Waals surface area contributed by atoms with E-state index in [0.29, 0.717) is 55.4 Å². The van der Waals surface area contributed by atoms with Gasteiger partial charge >= 0.3 is 0 Å². The summed E-state index contributed by atoms with van der Waals surface area (Å²) in [6, 6.07) is 7.51. The molecule has 1 saturated carbocycles. The summed E-state index contributed by atoms with van der Waals surface area (Å²) < 4.78 is 5.56. The van der Waals surface area contributed by atoms with Crippen LogP contribution >= 0.6 is 0 Å². The fraction of sp³-hybridized carbons (Fsp3) is 0.643. The molecule has 2 N–H and O–H groups in total. The number of ether oxygens (including phenoxy) is 1. The largest absolute Gasteiger partial charge is 0.378 e. The summed E-state index contributed by atoms with van der Waals surface area (Å²) >= 11 is 0. The van der Waals surface area contributed by atoms with Crippen LogP contribution in [0.3, 0.4) is 0 Å². The normalized spacial score (nSPS) is 24.4. The Labute approximate surface area is 229 Å². The number of benzene rings is 1. The molecular weight excluding hydrogens is 496 g/mol. The first kappa shape index (κ1) is 27.2. The van der Waals surface area contributed by atoms with Crippen molar-refractivity contribution in [3.8, 4) is 0 Å². The summed E-state index contributed by atoms with van der Waals surface area (Å²) in [7, 11) is 0. The third-order valence-electron chi connectivity index (χ3n) is 8.48. The van der Waals surface area contributed by atoms with Crippen LogP contribution in [0.25, 0.3) is 0 Å². The van der Waals surface area contributed by atoms with Gasteiger partial charge in [-0.1, -0.05) is 44.5 Å². The van der Waals surface area contributed by atoms with E-state index in [2.05, 4.69) is 56.5 Å².